The van der Waals surface area contributed by atoms with Crippen LogP contribution in [0.25, 0.3) is 44.3 Å². The zero-order valence-electron chi connectivity index (χ0n) is 16.5. The molecule has 0 aliphatic rings. The van der Waals surface area contributed by atoms with E-state index in [1.807, 2.05) is 48.9 Å². The van der Waals surface area contributed by atoms with E-state index in [4.69, 9.17) is 11.6 Å². The first-order chi connectivity index (χ1) is 14.7. The standard InChI is InChI=1S/C27H19ClN2/c1-18-12-13-30-26(14-18)21-9-5-8-20(15-21)22-10-11-25(28)24-17-29-16-23(27(22)24)19-6-3-2-4-7-19/h2-17H,1H3. The number of halogens is 1. The van der Waals surface area contributed by atoms with Gasteiger partial charge in [0.05, 0.1) is 10.7 Å². The minimum Gasteiger partial charge on any atom is -0.263 e. The minimum absolute atomic E-state index is 0.704. The molecule has 0 unspecified atom stereocenters. The summed E-state index contributed by atoms with van der Waals surface area (Å²) < 4.78 is 0. The fourth-order valence-corrected chi connectivity index (χ4v) is 4.08. The van der Waals surface area contributed by atoms with Crippen LogP contribution in [0.3, 0.4) is 0 Å². The van der Waals surface area contributed by atoms with Gasteiger partial charge in [0.15, 0.2) is 0 Å². The fraction of sp³-hybridized carbons (Fsp3) is 0.0370. The third-order valence-electron chi connectivity index (χ3n) is 5.34. The number of benzene rings is 3. The van der Waals surface area contributed by atoms with Crippen molar-refractivity contribution >= 4 is 22.4 Å². The van der Waals surface area contributed by atoms with E-state index < -0.39 is 0 Å². The molecule has 0 saturated carbocycles. The molecule has 0 spiro atoms. The van der Waals surface area contributed by atoms with Crippen molar-refractivity contribution in [2.24, 2.45) is 0 Å². The summed E-state index contributed by atoms with van der Waals surface area (Å²) in [7, 11) is 0. The van der Waals surface area contributed by atoms with E-state index in [1.165, 1.54) is 5.56 Å². The van der Waals surface area contributed by atoms with E-state index in [2.05, 4.69) is 65.4 Å². The van der Waals surface area contributed by atoms with E-state index >= 15 is 0 Å². The molecule has 30 heavy (non-hydrogen) atoms. The summed E-state index contributed by atoms with van der Waals surface area (Å²) in [5.41, 5.74) is 7.71. The fourth-order valence-electron chi connectivity index (χ4n) is 3.88. The van der Waals surface area contributed by atoms with Gasteiger partial charge in [-0.15, -0.1) is 0 Å². The van der Waals surface area contributed by atoms with Crippen molar-refractivity contribution < 1.29 is 0 Å². The lowest BCUT2D eigenvalue weighted by molar-refractivity contribution is 1.29. The molecule has 0 fully saturated rings. The van der Waals surface area contributed by atoms with Gasteiger partial charge in [-0.3, -0.25) is 9.97 Å². The lowest BCUT2D eigenvalue weighted by Gasteiger charge is -2.14. The first-order valence-electron chi connectivity index (χ1n) is 9.86. The number of nitrogens with zero attached hydrogens (tertiary/aromatic N) is 2. The summed E-state index contributed by atoms with van der Waals surface area (Å²) in [5.74, 6) is 0. The highest BCUT2D eigenvalue weighted by molar-refractivity contribution is 6.36. The van der Waals surface area contributed by atoms with Crippen molar-refractivity contribution in [3.8, 4) is 33.5 Å². The molecule has 3 heteroatoms. The van der Waals surface area contributed by atoms with Gasteiger partial charge in [0, 0.05) is 40.5 Å². The molecule has 2 nitrogen and oxygen atoms in total. The molecule has 0 bridgehead atoms. The number of rotatable bonds is 3. The number of hydrogen-bond donors (Lipinski definition) is 0. The normalized spacial score (nSPS) is 11.0. The molecule has 0 aliphatic carbocycles. The van der Waals surface area contributed by atoms with E-state index in [1.54, 1.807) is 0 Å². The Balaban J connectivity index is 1.76. The molecule has 0 atom stereocenters. The van der Waals surface area contributed by atoms with Gasteiger partial charge in [-0.2, -0.15) is 0 Å². The van der Waals surface area contributed by atoms with E-state index in [0.717, 1.165) is 44.3 Å². The highest BCUT2D eigenvalue weighted by atomic mass is 35.5. The van der Waals surface area contributed by atoms with Gasteiger partial charge >= 0.3 is 0 Å². The largest absolute Gasteiger partial charge is 0.263 e. The van der Waals surface area contributed by atoms with Gasteiger partial charge in [0.25, 0.3) is 0 Å². The Morgan fingerprint density at radius 2 is 1.50 bits per heavy atom. The Morgan fingerprint density at radius 3 is 2.33 bits per heavy atom. The van der Waals surface area contributed by atoms with Crippen LogP contribution in [0.4, 0.5) is 0 Å². The van der Waals surface area contributed by atoms with Crippen molar-refractivity contribution in [1.29, 1.82) is 0 Å². The average Bonchev–Trinajstić information content (AvgIpc) is 2.80. The SMILES string of the molecule is Cc1ccnc(-c2cccc(-c3ccc(Cl)c4cncc(-c5ccccc5)c34)c2)c1. The molecular weight excluding hydrogens is 388 g/mol. The van der Waals surface area contributed by atoms with Crippen LogP contribution in [0.2, 0.25) is 5.02 Å². The maximum absolute atomic E-state index is 6.57. The Bertz CT molecular complexity index is 1360. The van der Waals surface area contributed by atoms with Gasteiger partial charge in [0.2, 0.25) is 0 Å². The number of aromatic nitrogens is 2. The molecule has 5 aromatic rings. The summed E-state index contributed by atoms with van der Waals surface area (Å²) in [5, 5.41) is 2.77. The molecule has 0 saturated heterocycles. The summed E-state index contributed by atoms with van der Waals surface area (Å²) in [6.07, 6.45) is 5.62. The Hall–Kier alpha value is -3.49. The van der Waals surface area contributed by atoms with Crippen LogP contribution < -0.4 is 0 Å². The smallest absolute Gasteiger partial charge is 0.0704 e. The lowest BCUT2D eigenvalue weighted by Crippen LogP contribution is -1.90. The molecule has 0 N–H and O–H groups in total. The summed E-state index contributed by atoms with van der Waals surface area (Å²) in [4.78, 5) is 9.02. The van der Waals surface area contributed by atoms with Crippen molar-refractivity contribution in [3.63, 3.8) is 0 Å². The van der Waals surface area contributed by atoms with Crippen LogP contribution >= 0.6 is 11.6 Å². The van der Waals surface area contributed by atoms with Crippen LogP contribution in [0, 0.1) is 6.92 Å². The second-order valence-corrected chi connectivity index (χ2v) is 7.78. The van der Waals surface area contributed by atoms with Crippen LogP contribution in [0.5, 0.6) is 0 Å². The van der Waals surface area contributed by atoms with Gasteiger partial charge in [-0.25, -0.2) is 0 Å². The van der Waals surface area contributed by atoms with Crippen LogP contribution in [0.1, 0.15) is 5.56 Å². The van der Waals surface area contributed by atoms with Crippen molar-refractivity contribution in [1.82, 2.24) is 9.97 Å². The minimum atomic E-state index is 0.704. The van der Waals surface area contributed by atoms with Crippen LogP contribution in [-0.4, -0.2) is 9.97 Å². The zero-order valence-corrected chi connectivity index (χ0v) is 17.3. The third kappa shape index (κ3) is 3.36. The highest BCUT2D eigenvalue weighted by Crippen LogP contribution is 2.39. The Morgan fingerprint density at radius 1 is 0.700 bits per heavy atom. The Kier molecular flexibility index (Phi) is 4.78. The maximum Gasteiger partial charge on any atom is 0.0704 e. The van der Waals surface area contributed by atoms with E-state index in [0.29, 0.717) is 5.02 Å². The Labute approximate surface area is 180 Å². The molecule has 2 aromatic heterocycles. The quantitative estimate of drug-likeness (QED) is 0.308. The molecule has 5 rings (SSSR count). The topological polar surface area (TPSA) is 25.8 Å². The second kappa shape index (κ2) is 7.74. The van der Waals surface area contributed by atoms with Gasteiger partial charge in [-0.05, 0) is 53.4 Å². The van der Waals surface area contributed by atoms with Gasteiger partial charge in [0.1, 0.15) is 0 Å². The number of fused-ring (bicyclic) bond motifs is 1. The van der Waals surface area contributed by atoms with Crippen LogP contribution in [-0.2, 0) is 0 Å². The summed E-state index contributed by atoms with van der Waals surface area (Å²) in [6.45, 7) is 2.08. The van der Waals surface area contributed by atoms with E-state index in [9.17, 15) is 0 Å². The molecule has 0 radical (unpaired) electrons. The molecule has 3 aromatic carbocycles. The van der Waals surface area contributed by atoms with Crippen molar-refractivity contribution in [2.75, 3.05) is 0 Å². The average molecular weight is 407 g/mol. The van der Waals surface area contributed by atoms with Crippen LogP contribution in [0.15, 0.2) is 97.5 Å². The van der Waals surface area contributed by atoms with Crippen molar-refractivity contribution in [2.45, 2.75) is 6.92 Å². The maximum atomic E-state index is 6.57. The summed E-state index contributed by atoms with van der Waals surface area (Å²) in [6, 6.07) is 27.0. The first-order valence-corrected chi connectivity index (χ1v) is 10.2. The monoisotopic (exact) mass is 406 g/mol. The predicted molar refractivity (Wildman–Crippen MR) is 126 cm³/mol. The van der Waals surface area contributed by atoms with Gasteiger partial charge < -0.3 is 0 Å². The number of pyridine rings is 2. The number of aryl methyl sites for hydroxylation is 1. The molecule has 0 amide bonds. The molecular formula is C27H19ClN2. The second-order valence-electron chi connectivity index (χ2n) is 7.37. The number of hydrogen-bond acceptors (Lipinski definition) is 2. The summed E-state index contributed by atoms with van der Waals surface area (Å²) >= 11 is 6.57. The third-order valence-corrected chi connectivity index (χ3v) is 5.67. The van der Waals surface area contributed by atoms with Gasteiger partial charge in [-0.1, -0.05) is 66.2 Å². The van der Waals surface area contributed by atoms with E-state index in [-0.39, 0.29) is 0 Å². The predicted octanol–water partition coefficient (Wildman–Crippen LogP) is 7.59. The molecule has 0 aliphatic heterocycles. The lowest BCUT2D eigenvalue weighted by atomic mass is 9.92. The zero-order chi connectivity index (χ0) is 20.5. The first kappa shape index (κ1) is 18.5. The highest BCUT2D eigenvalue weighted by Gasteiger charge is 2.14. The molecule has 2 heterocycles. The van der Waals surface area contributed by atoms with Crippen molar-refractivity contribution in [3.05, 3.63) is 108 Å². The molecule has 144 valence electrons.